The number of fused-ring (bicyclic) bond motifs is 3. The van der Waals surface area contributed by atoms with Gasteiger partial charge in [0.05, 0.1) is 7.11 Å². The standard InChI is InChI=1S/C15H17N5O.ClH/c1-21-10-2-3-12-11(8-10)13-14(19-12)15(18-9-17-13)20-6-4-16-5-7-20;/h2-3,8-9,16,19H,4-7H2,1H3;1H. The van der Waals surface area contributed by atoms with Gasteiger partial charge in [-0.1, -0.05) is 0 Å². The van der Waals surface area contributed by atoms with Gasteiger partial charge in [-0.25, -0.2) is 9.97 Å². The third-order valence-corrected chi connectivity index (χ3v) is 3.99. The third-order valence-electron chi connectivity index (χ3n) is 3.99. The monoisotopic (exact) mass is 319 g/mol. The van der Waals surface area contributed by atoms with Crippen molar-refractivity contribution in [3.63, 3.8) is 0 Å². The molecular formula is C15H18ClN5O. The van der Waals surface area contributed by atoms with E-state index < -0.39 is 0 Å². The number of halogens is 1. The molecule has 0 saturated carbocycles. The summed E-state index contributed by atoms with van der Waals surface area (Å²) in [4.78, 5) is 14.7. The van der Waals surface area contributed by atoms with Crippen LogP contribution in [0, 0.1) is 0 Å². The molecule has 0 spiro atoms. The Morgan fingerprint density at radius 1 is 1.18 bits per heavy atom. The average Bonchev–Trinajstić information content (AvgIpc) is 2.93. The van der Waals surface area contributed by atoms with Gasteiger partial charge >= 0.3 is 0 Å². The summed E-state index contributed by atoms with van der Waals surface area (Å²) in [7, 11) is 1.68. The number of aromatic nitrogens is 3. The van der Waals surface area contributed by atoms with Crippen molar-refractivity contribution in [3.8, 4) is 5.75 Å². The number of nitrogens with zero attached hydrogens (tertiary/aromatic N) is 3. The summed E-state index contributed by atoms with van der Waals surface area (Å²) >= 11 is 0. The predicted octanol–water partition coefficient (Wildman–Crippen LogP) is 1.95. The normalized spacial score (nSPS) is 15.0. The van der Waals surface area contributed by atoms with E-state index in [0.717, 1.165) is 59.7 Å². The Morgan fingerprint density at radius 2 is 2.00 bits per heavy atom. The van der Waals surface area contributed by atoms with E-state index in [0.29, 0.717) is 0 Å². The van der Waals surface area contributed by atoms with Gasteiger partial charge in [-0.2, -0.15) is 0 Å². The molecular weight excluding hydrogens is 302 g/mol. The highest BCUT2D eigenvalue weighted by molar-refractivity contribution is 6.08. The molecule has 22 heavy (non-hydrogen) atoms. The highest BCUT2D eigenvalue weighted by atomic mass is 35.5. The second-order valence-corrected chi connectivity index (χ2v) is 5.19. The fourth-order valence-corrected chi connectivity index (χ4v) is 2.90. The van der Waals surface area contributed by atoms with Gasteiger partial charge in [-0.15, -0.1) is 12.4 Å². The van der Waals surface area contributed by atoms with Crippen molar-refractivity contribution in [3.05, 3.63) is 24.5 Å². The van der Waals surface area contributed by atoms with Crippen molar-refractivity contribution < 1.29 is 4.74 Å². The molecule has 0 bridgehead atoms. The molecule has 116 valence electrons. The number of ether oxygens (including phenoxy) is 1. The van der Waals surface area contributed by atoms with Gasteiger partial charge in [-0.05, 0) is 18.2 Å². The molecule has 3 aromatic rings. The van der Waals surface area contributed by atoms with Crippen molar-refractivity contribution in [1.29, 1.82) is 0 Å². The molecule has 1 fully saturated rings. The second-order valence-electron chi connectivity index (χ2n) is 5.19. The minimum Gasteiger partial charge on any atom is -0.497 e. The van der Waals surface area contributed by atoms with Crippen LogP contribution in [0.25, 0.3) is 21.9 Å². The largest absolute Gasteiger partial charge is 0.497 e. The highest BCUT2D eigenvalue weighted by Gasteiger charge is 2.17. The Labute approximate surface area is 134 Å². The zero-order chi connectivity index (χ0) is 14.2. The predicted molar refractivity (Wildman–Crippen MR) is 90.3 cm³/mol. The lowest BCUT2D eigenvalue weighted by molar-refractivity contribution is 0.415. The molecule has 1 aliphatic heterocycles. The number of H-pyrrole nitrogens is 1. The zero-order valence-corrected chi connectivity index (χ0v) is 13.1. The summed E-state index contributed by atoms with van der Waals surface area (Å²) in [6.45, 7) is 3.90. The Morgan fingerprint density at radius 3 is 2.77 bits per heavy atom. The van der Waals surface area contributed by atoms with Crippen molar-refractivity contribution in [2.45, 2.75) is 0 Å². The van der Waals surface area contributed by atoms with Crippen LogP contribution in [0.15, 0.2) is 24.5 Å². The molecule has 0 unspecified atom stereocenters. The van der Waals surface area contributed by atoms with Gasteiger partial charge in [-0.3, -0.25) is 0 Å². The van der Waals surface area contributed by atoms with Crippen molar-refractivity contribution in [1.82, 2.24) is 20.3 Å². The van der Waals surface area contributed by atoms with Gasteiger partial charge in [0, 0.05) is 37.1 Å². The quantitative estimate of drug-likeness (QED) is 0.756. The zero-order valence-electron chi connectivity index (χ0n) is 12.3. The fraction of sp³-hybridized carbons (Fsp3) is 0.333. The third kappa shape index (κ3) is 2.34. The van der Waals surface area contributed by atoms with Gasteiger partial charge < -0.3 is 19.9 Å². The van der Waals surface area contributed by atoms with Crippen LogP contribution in [0.1, 0.15) is 0 Å². The fourth-order valence-electron chi connectivity index (χ4n) is 2.90. The van der Waals surface area contributed by atoms with Crippen LogP contribution >= 0.6 is 12.4 Å². The van der Waals surface area contributed by atoms with E-state index in [2.05, 4.69) is 25.2 Å². The first-order valence-electron chi connectivity index (χ1n) is 7.13. The lowest BCUT2D eigenvalue weighted by Crippen LogP contribution is -2.44. The second kappa shape index (κ2) is 5.98. The Kier molecular flexibility index (Phi) is 4.04. The van der Waals surface area contributed by atoms with Crippen LogP contribution in [-0.2, 0) is 0 Å². The highest BCUT2D eigenvalue weighted by Crippen LogP contribution is 2.31. The van der Waals surface area contributed by atoms with Gasteiger partial charge in [0.1, 0.15) is 23.1 Å². The first-order chi connectivity index (χ1) is 10.4. The smallest absolute Gasteiger partial charge is 0.156 e. The molecule has 1 saturated heterocycles. The van der Waals surface area contributed by atoms with Crippen LogP contribution in [0.5, 0.6) is 5.75 Å². The number of hydrogen-bond donors (Lipinski definition) is 2. The SMILES string of the molecule is COc1ccc2[nH]c3c(N4CCNCC4)ncnc3c2c1.Cl. The maximum atomic E-state index is 5.31. The van der Waals surface area contributed by atoms with E-state index in [1.807, 2.05) is 18.2 Å². The number of aromatic amines is 1. The number of rotatable bonds is 2. The summed E-state index contributed by atoms with van der Waals surface area (Å²) in [5, 5.41) is 4.43. The lowest BCUT2D eigenvalue weighted by atomic mass is 10.2. The molecule has 0 amide bonds. The van der Waals surface area contributed by atoms with Crippen LogP contribution in [0.2, 0.25) is 0 Å². The first kappa shape index (κ1) is 14.9. The Balaban J connectivity index is 0.00000144. The number of hydrogen-bond acceptors (Lipinski definition) is 5. The molecule has 2 N–H and O–H groups in total. The molecule has 4 rings (SSSR count). The van der Waals surface area contributed by atoms with E-state index in [4.69, 9.17) is 4.74 Å². The van der Waals surface area contributed by atoms with Crippen molar-refractivity contribution >= 4 is 40.2 Å². The molecule has 3 heterocycles. The van der Waals surface area contributed by atoms with E-state index in [1.54, 1.807) is 13.4 Å². The number of anilines is 1. The van der Waals surface area contributed by atoms with E-state index in [9.17, 15) is 0 Å². The molecule has 6 nitrogen and oxygen atoms in total. The topological polar surface area (TPSA) is 66.1 Å². The molecule has 7 heteroatoms. The van der Waals surface area contributed by atoms with Crippen molar-refractivity contribution in [2.75, 3.05) is 38.2 Å². The van der Waals surface area contributed by atoms with E-state index in [-0.39, 0.29) is 12.4 Å². The van der Waals surface area contributed by atoms with Gasteiger partial charge in [0.15, 0.2) is 5.82 Å². The van der Waals surface area contributed by atoms with Gasteiger partial charge in [0.25, 0.3) is 0 Å². The maximum absolute atomic E-state index is 5.31. The Hall–Kier alpha value is -2.05. The molecule has 1 aromatic carbocycles. The van der Waals surface area contributed by atoms with E-state index in [1.165, 1.54) is 0 Å². The molecule has 2 aromatic heterocycles. The van der Waals surface area contributed by atoms with Crippen LogP contribution in [-0.4, -0.2) is 48.2 Å². The van der Waals surface area contributed by atoms with Gasteiger partial charge in [0.2, 0.25) is 0 Å². The van der Waals surface area contributed by atoms with E-state index >= 15 is 0 Å². The number of methoxy groups -OCH3 is 1. The average molecular weight is 320 g/mol. The Bertz CT molecular complexity index is 797. The summed E-state index contributed by atoms with van der Waals surface area (Å²) < 4.78 is 5.31. The minimum absolute atomic E-state index is 0. The lowest BCUT2D eigenvalue weighted by Gasteiger charge is -2.28. The number of nitrogens with one attached hydrogen (secondary N) is 2. The maximum Gasteiger partial charge on any atom is 0.156 e. The molecule has 0 atom stereocenters. The van der Waals surface area contributed by atoms with Crippen LogP contribution < -0.4 is 15.0 Å². The summed E-state index contributed by atoms with van der Waals surface area (Å²) in [6.07, 6.45) is 1.65. The number of benzene rings is 1. The molecule has 1 aliphatic rings. The van der Waals surface area contributed by atoms with Crippen molar-refractivity contribution in [2.24, 2.45) is 0 Å². The number of piperazine rings is 1. The summed E-state index contributed by atoms with van der Waals surface area (Å²) in [5.41, 5.74) is 3.01. The minimum atomic E-state index is 0. The van der Waals surface area contributed by atoms with Crippen LogP contribution in [0.4, 0.5) is 5.82 Å². The molecule has 0 aliphatic carbocycles. The first-order valence-corrected chi connectivity index (χ1v) is 7.13. The summed E-state index contributed by atoms with van der Waals surface area (Å²) in [6, 6.07) is 6.00. The summed E-state index contributed by atoms with van der Waals surface area (Å²) in [5.74, 6) is 1.82. The van der Waals surface area contributed by atoms with Crippen LogP contribution in [0.3, 0.4) is 0 Å². The molecule has 0 radical (unpaired) electrons.